The molecule has 1 saturated heterocycles. The molecule has 0 aromatic carbocycles. The monoisotopic (exact) mass is 379 g/mol. The largest absolute Gasteiger partial charge is 0.306 e. The van der Waals surface area contributed by atoms with Crippen LogP contribution in [0.1, 0.15) is 53.4 Å². The zero-order valence-electron chi connectivity index (χ0n) is 15.3. The van der Waals surface area contributed by atoms with Gasteiger partial charge in [0.1, 0.15) is 10.9 Å². The molecular formula is C16H35N4S3+. The number of thiol groups is 1. The van der Waals surface area contributed by atoms with Gasteiger partial charge in [0.2, 0.25) is 4.71 Å². The van der Waals surface area contributed by atoms with E-state index < -0.39 is 0 Å². The highest BCUT2D eigenvalue weighted by molar-refractivity contribution is 8.25. The zero-order valence-corrected chi connectivity index (χ0v) is 17.8. The van der Waals surface area contributed by atoms with Crippen LogP contribution in [0.25, 0.3) is 0 Å². The van der Waals surface area contributed by atoms with Gasteiger partial charge in [0.25, 0.3) is 0 Å². The van der Waals surface area contributed by atoms with Gasteiger partial charge in [0, 0.05) is 13.1 Å². The predicted octanol–water partition coefficient (Wildman–Crippen LogP) is 3.08. The van der Waals surface area contributed by atoms with Gasteiger partial charge in [-0.15, -0.1) is 17.6 Å². The second-order valence-electron chi connectivity index (χ2n) is 6.13. The summed E-state index contributed by atoms with van der Waals surface area (Å²) in [5, 5.41) is 2.23. The summed E-state index contributed by atoms with van der Waals surface area (Å²) in [5.41, 5.74) is 3.42. The number of hydrogen-bond acceptors (Lipinski definition) is 5. The first-order valence-corrected chi connectivity index (χ1v) is 11.3. The third kappa shape index (κ3) is 7.08. The lowest BCUT2D eigenvalue weighted by Gasteiger charge is -2.27. The molecule has 1 aliphatic heterocycles. The van der Waals surface area contributed by atoms with Crippen LogP contribution >= 0.6 is 24.8 Å². The van der Waals surface area contributed by atoms with Gasteiger partial charge in [-0.3, -0.25) is 15.2 Å². The van der Waals surface area contributed by atoms with Crippen LogP contribution < -0.4 is 5.43 Å². The van der Waals surface area contributed by atoms with E-state index >= 15 is 0 Å². The summed E-state index contributed by atoms with van der Waals surface area (Å²) in [7, 11) is 0.00554. The Kier molecular flexibility index (Phi) is 11.2. The summed E-state index contributed by atoms with van der Waals surface area (Å²) in [4.78, 5) is 5.03. The van der Waals surface area contributed by atoms with Crippen molar-refractivity contribution < 1.29 is 0 Å². The van der Waals surface area contributed by atoms with E-state index in [0.717, 1.165) is 43.0 Å². The number of nitrogens with one attached hydrogen (secondary N) is 1. The summed E-state index contributed by atoms with van der Waals surface area (Å²) < 4.78 is 1.17. The molecule has 1 heterocycles. The van der Waals surface area contributed by atoms with Gasteiger partial charge in [-0.05, 0) is 51.0 Å². The molecule has 0 bridgehead atoms. The molecule has 0 aromatic heterocycles. The van der Waals surface area contributed by atoms with E-state index in [1.807, 2.05) is 0 Å². The number of thiocarbonyl (C=S) groups is 1. The fraction of sp³-hybridized carbons (Fsp3) is 0.938. The van der Waals surface area contributed by atoms with Crippen molar-refractivity contribution in [3.05, 3.63) is 0 Å². The van der Waals surface area contributed by atoms with Gasteiger partial charge < -0.3 is 0 Å². The van der Waals surface area contributed by atoms with Crippen LogP contribution in [0.4, 0.5) is 0 Å². The van der Waals surface area contributed by atoms with E-state index in [1.165, 1.54) is 25.7 Å². The molecule has 0 aliphatic carbocycles. The molecule has 0 radical (unpaired) electrons. The minimum Gasteiger partial charge on any atom is -0.289 e. The van der Waals surface area contributed by atoms with Gasteiger partial charge in [-0.1, -0.05) is 27.7 Å². The van der Waals surface area contributed by atoms with Gasteiger partial charge in [-0.25, -0.2) is 0 Å². The third-order valence-electron chi connectivity index (χ3n) is 3.83. The van der Waals surface area contributed by atoms with Crippen molar-refractivity contribution in [2.75, 3.05) is 38.7 Å². The molecule has 2 atom stereocenters. The topological polar surface area (TPSA) is 21.8 Å². The first kappa shape index (κ1) is 21.5. The van der Waals surface area contributed by atoms with Gasteiger partial charge >= 0.3 is 4.32 Å². The van der Waals surface area contributed by atoms with Gasteiger partial charge in [-0.2, -0.15) is 0 Å². The molecule has 136 valence electrons. The standard InChI is InChI=1S/C16H34N4S3/c1-5-9-18(10-6-2)13-20-16(22)23(15(21)17-20)14-19(11-7-3)12-8-4/h16H,5-14H2,1-4H3,(H-,17,21,22)/p+1. The molecule has 0 spiro atoms. The highest BCUT2D eigenvalue weighted by atomic mass is 32.2. The predicted molar refractivity (Wildman–Crippen MR) is 112 cm³/mol. The summed E-state index contributed by atoms with van der Waals surface area (Å²) in [5.74, 6) is 1.04. The van der Waals surface area contributed by atoms with Crippen molar-refractivity contribution >= 4 is 40.1 Å². The molecule has 1 aliphatic rings. The minimum atomic E-state index is 0.00554. The van der Waals surface area contributed by atoms with E-state index in [4.69, 9.17) is 24.8 Å². The summed E-state index contributed by atoms with van der Waals surface area (Å²) in [6.45, 7) is 14.4. The average Bonchev–Trinajstić information content (AvgIpc) is 2.76. The highest BCUT2D eigenvalue weighted by Gasteiger charge is 2.46. The molecule has 23 heavy (non-hydrogen) atoms. The fourth-order valence-corrected chi connectivity index (χ4v) is 6.05. The lowest BCUT2D eigenvalue weighted by atomic mass is 10.4. The van der Waals surface area contributed by atoms with Crippen LogP contribution in [-0.4, -0.2) is 62.6 Å². The third-order valence-corrected chi connectivity index (χ3v) is 7.58. The first-order valence-electron chi connectivity index (χ1n) is 8.96. The molecule has 1 fully saturated rings. The Morgan fingerprint density at radius 2 is 1.48 bits per heavy atom. The average molecular weight is 380 g/mol. The number of nitrogens with zero attached hydrogens (tertiary/aromatic N) is 3. The lowest BCUT2D eigenvalue weighted by Crippen LogP contribution is -2.45. The highest BCUT2D eigenvalue weighted by Crippen LogP contribution is 2.23. The minimum absolute atomic E-state index is 0.00554. The Labute approximate surface area is 157 Å². The van der Waals surface area contributed by atoms with Crippen LogP contribution in [0.15, 0.2) is 0 Å². The molecule has 1 N–H and O–H groups in total. The Bertz CT molecular complexity index is 331. The number of rotatable bonds is 12. The molecule has 0 saturated carbocycles. The first-order chi connectivity index (χ1) is 11.1. The maximum Gasteiger partial charge on any atom is 0.306 e. The molecule has 0 aromatic rings. The van der Waals surface area contributed by atoms with Crippen molar-refractivity contribution in [3.8, 4) is 0 Å². The molecule has 2 unspecified atom stereocenters. The van der Waals surface area contributed by atoms with Crippen molar-refractivity contribution in [1.82, 2.24) is 20.2 Å². The number of hydrazine groups is 1. The normalized spacial score (nSPS) is 22.3. The lowest BCUT2D eigenvalue weighted by molar-refractivity contribution is 0.126. The van der Waals surface area contributed by atoms with Crippen LogP contribution in [0.2, 0.25) is 0 Å². The second kappa shape index (κ2) is 11.9. The van der Waals surface area contributed by atoms with Crippen molar-refractivity contribution in [2.24, 2.45) is 0 Å². The van der Waals surface area contributed by atoms with Gasteiger partial charge in [0.15, 0.2) is 5.88 Å². The van der Waals surface area contributed by atoms with Crippen molar-refractivity contribution in [1.29, 1.82) is 0 Å². The fourth-order valence-electron chi connectivity index (χ4n) is 2.88. The van der Waals surface area contributed by atoms with E-state index in [-0.39, 0.29) is 15.6 Å². The molecule has 4 nitrogen and oxygen atoms in total. The van der Waals surface area contributed by atoms with Crippen LogP contribution in [0.3, 0.4) is 0 Å². The summed E-state index contributed by atoms with van der Waals surface area (Å²) in [6, 6.07) is 0. The maximum absolute atomic E-state index is 5.63. The summed E-state index contributed by atoms with van der Waals surface area (Å²) >= 11 is 10.5. The smallest absolute Gasteiger partial charge is 0.289 e. The SMILES string of the molecule is CCCN(CCC)CN1NC(=S)[S+](CN(CCC)CCC)C1S. The molecule has 1 rings (SSSR count). The molecule has 7 heteroatoms. The molecule has 0 amide bonds. The Morgan fingerprint density at radius 1 is 1.00 bits per heavy atom. The quantitative estimate of drug-likeness (QED) is 0.308. The van der Waals surface area contributed by atoms with E-state index in [9.17, 15) is 0 Å². The maximum atomic E-state index is 5.63. The van der Waals surface area contributed by atoms with E-state index in [1.54, 1.807) is 0 Å². The van der Waals surface area contributed by atoms with Crippen LogP contribution in [0.5, 0.6) is 0 Å². The molecular weight excluding hydrogens is 344 g/mol. The van der Waals surface area contributed by atoms with E-state index in [0.29, 0.717) is 0 Å². The zero-order chi connectivity index (χ0) is 17.2. The van der Waals surface area contributed by atoms with Crippen LogP contribution in [-0.2, 0) is 10.9 Å². The Morgan fingerprint density at radius 3 is 1.96 bits per heavy atom. The Balaban J connectivity index is 2.62. The van der Waals surface area contributed by atoms with Crippen molar-refractivity contribution in [3.63, 3.8) is 0 Å². The van der Waals surface area contributed by atoms with Crippen molar-refractivity contribution in [2.45, 2.75) is 58.1 Å². The summed E-state index contributed by atoms with van der Waals surface area (Å²) in [6.07, 6.45) is 4.75. The van der Waals surface area contributed by atoms with Crippen LogP contribution in [0, 0.1) is 0 Å². The van der Waals surface area contributed by atoms with E-state index in [2.05, 4.69) is 47.9 Å². The Hall–Kier alpha value is 0.470. The second-order valence-corrected chi connectivity index (χ2v) is 9.61. The van der Waals surface area contributed by atoms with Gasteiger partial charge in [0.05, 0.1) is 6.67 Å². The number of hydrogen-bond donors (Lipinski definition) is 2.